The Hall–Kier alpha value is -1.64. The number of allylic oxidation sites excluding steroid dienone is 5. The average Bonchev–Trinajstić information content (AvgIpc) is 2.41. The van der Waals surface area contributed by atoms with E-state index in [4.69, 9.17) is 4.74 Å². The van der Waals surface area contributed by atoms with Gasteiger partial charge in [-0.1, -0.05) is 46.3 Å². The van der Waals surface area contributed by atoms with Crippen molar-refractivity contribution in [2.75, 3.05) is 7.11 Å². The Bertz CT molecular complexity index is 634. The Morgan fingerprint density at radius 2 is 1.54 bits per heavy atom. The first-order valence-corrected chi connectivity index (χ1v) is 8.53. The Kier molecular flexibility index (Phi) is 6.02. The van der Waals surface area contributed by atoms with E-state index in [0.29, 0.717) is 16.7 Å². The van der Waals surface area contributed by atoms with Crippen molar-refractivity contribution in [3.8, 4) is 0 Å². The smallest absolute Gasteiger partial charge is 0.224 e. The molecule has 24 heavy (non-hydrogen) atoms. The zero-order valence-corrected chi connectivity index (χ0v) is 16.7. The highest BCUT2D eigenvalue weighted by molar-refractivity contribution is 6.24. The maximum Gasteiger partial charge on any atom is 0.224 e. The van der Waals surface area contributed by atoms with Crippen molar-refractivity contribution in [2.24, 2.45) is 10.8 Å². The second-order valence-corrected chi connectivity index (χ2v) is 8.69. The third-order valence-electron chi connectivity index (χ3n) is 4.48. The number of hydrogen-bond donors (Lipinski definition) is 0. The predicted octanol–water partition coefficient (Wildman–Crippen LogP) is 5.17. The van der Waals surface area contributed by atoms with E-state index >= 15 is 0 Å². The topological polar surface area (TPSA) is 43.4 Å². The lowest BCUT2D eigenvalue weighted by Crippen LogP contribution is -2.31. The molecule has 134 valence electrons. The van der Waals surface area contributed by atoms with Crippen LogP contribution in [0.1, 0.15) is 68.2 Å². The maximum atomic E-state index is 12.8. The first kappa shape index (κ1) is 20.4. The van der Waals surface area contributed by atoms with Crippen LogP contribution in [0, 0.1) is 10.8 Å². The van der Waals surface area contributed by atoms with Gasteiger partial charge in [0.2, 0.25) is 5.78 Å². The van der Waals surface area contributed by atoms with Gasteiger partial charge in [0, 0.05) is 16.7 Å². The summed E-state index contributed by atoms with van der Waals surface area (Å²) in [4.78, 5) is 25.3. The number of ether oxygens (including phenoxy) is 1. The molecular weight excluding hydrogens is 300 g/mol. The molecule has 1 rings (SSSR count). The van der Waals surface area contributed by atoms with Crippen molar-refractivity contribution < 1.29 is 14.3 Å². The van der Waals surface area contributed by atoms with Crippen LogP contribution in [-0.2, 0) is 14.3 Å². The van der Waals surface area contributed by atoms with E-state index in [9.17, 15) is 9.59 Å². The fraction of sp³-hybridized carbons (Fsp3) is 0.619. The zero-order valence-electron chi connectivity index (χ0n) is 16.7. The molecular formula is C21H32O3. The molecule has 0 spiro atoms. The molecule has 0 N–H and O–H groups in total. The van der Waals surface area contributed by atoms with Gasteiger partial charge in [-0.3, -0.25) is 9.59 Å². The molecule has 1 aliphatic carbocycles. The van der Waals surface area contributed by atoms with E-state index in [2.05, 4.69) is 33.8 Å². The van der Waals surface area contributed by atoms with Crippen LogP contribution in [0.25, 0.3) is 0 Å². The number of hydrogen-bond acceptors (Lipinski definition) is 3. The highest BCUT2D eigenvalue weighted by Gasteiger charge is 2.38. The van der Waals surface area contributed by atoms with Crippen LogP contribution in [0.5, 0.6) is 0 Å². The van der Waals surface area contributed by atoms with Crippen LogP contribution >= 0.6 is 0 Å². The summed E-state index contributed by atoms with van der Waals surface area (Å²) in [6.45, 7) is 16.2. The number of Topliss-reactive ketones (excluding diaryl/α,β-unsaturated/α-hetero) is 2. The highest BCUT2D eigenvalue weighted by Crippen LogP contribution is 2.39. The predicted molar refractivity (Wildman–Crippen MR) is 98.7 cm³/mol. The van der Waals surface area contributed by atoms with Crippen LogP contribution in [0.2, 0.25) is 0 Å². The fourth-order valence-electron chi connectivity index (χ4n) is 3.45. The Morgan fingerprint density at radius 1 is 1.00 bits per heavy atom. The van der Waals surface area contributed by atoms with Gasteiger partial charge in [-0.2, -0.15) is 0 Å². The third-order valence-corrected chi connectivity index (χ3v) is 4.48. The van der Waals surface area contributed by atoms with Gasteiger partial charge in [-0.05, 0) is 44.4 Å². The van der Waals surface area contributed by atoms with Crippen LogP contribution in [-0.4, -0.2) is 18.7 Å². The van der Waals surface area contributed by atoms with Gasteiger partial charge < -0.3 is 4.74 Å². The van der Waals surface area contributed by atoms with E-state index in [0.717, 1.165) is 12.8 Å². The van der Waals surface area contributed by atoms with Crippen LogP contribution in [0.4, 0.5) is 0 Å². The molecule has 0 amide bonds. The number of rotatable bonds is 5. The lowest BCUT2D eigenvalue weighted by Gasteiger charge is -2.31. The Labute approximate surface area is 146 Å². The molecule has 0 aromatic heterocycles. The second kappa shape index (κ2) is 7.08. The minimum atomic E-state index is -0.416. The summed E-state index contributed by atoms with van der Waals surface area (Å²) in [6.07, 6.45) is 3.92. The van der Waals surface area contributed by atoms with Gasteiger partial charge in [0.05, 0.1) is 7.11 Å². The normalized spacial score (nSPS) is 17.8. The largest absolute Gasteiger partial charge is 0.492 e. The monoisotopic (exact) mass is 332 g/mol. The molecule has 0 saturated carbocycles. The van der Waals surface area contributed by atoms with E-state index in [1.807, 2.05) is 13.8 Å². The second-order valence-electron chi connectivity index (χ2n) is 8.69. The van der Waals surface area contributed by atoms with Gasteiger partial charge in [0.1, 0.15) is 0 Å². The molecule has 0 atom stereocenters. The van der Waals surface area contributed by atoms with E-state index in [-0.39, 0.29) is 22.7 Å². The van der Waals surface area contributed by atoms with Crippen molar-refractivity contribution in [1.82, 2.24) is 0 Å². The van der Waals surface area contributed by atoms with Gasteiger partial charge in [0.25, 0.3) is 0 Å². The molecule has 0 bridgehead atoms. The molecule has 0 unspecified atom stereocenters. The van der Waals surface area contributed by atoms with E-state index < -0.39 is 5.41 Å². The molecule has 0 saturated heterocycles. The van der Waals surface area contributed by atoms with Crippen molar-refractivity contribution in [1.29, 1.82) is 0 Å². The molecule has 0 heterocycles. The average molecular weight is 332 g/mol. The highest BCUT2D eigenvalue weighted by atomic mass is 16.5. The Balaban J connectivity index is 3.16. The molecule has 0 aromatic rings. The molecule has 1 aliphatic rings. The van der Waals surface area contributed by atoms with E-state index in [1.54, 1.807) is 13.8 Å². The van der Waals surface area contributed by atoms with Crippen molar-refractivity contribution >= 4 is 11.6 Å². The first-order valence-electron chi connectivity index (χ1n) is 8.53. The number of carbonyl (C=O) groups excluding carboxylic acids is 2. The van der Waals surface area contributed by atoms with Crippen LogP contribution in [0.3, 0.4) is 0 Å². The molecule has 3 heteroatoms. The lowest BCUT2D eigenvalue weighted by atomic mass is 9.72. The molecule has 0 fully saturated rings. The summed E-state index contributed by atoms with van der Waals surface area (Å²) in [5.74, 6) is -0.0621. The van der Waals surface area contributed by atoms with Gasteiger partial charge in [0.15, 0.2) is 11.5 Å². The van der Waals surface area contributed by atoms with Crippen molar-refractivity contribution in [3.63, 3.8) is 0 Å². The molecule has 0 aliphatic heterocycles. The van der Waals surface area contributed by atoms with Gasteiger partial charge in [-0.15, -0.1) is 0 Å². The number of carbonyl (C=O) groups is 2. The number of ketones is 2. The quantitative estimate of drug-likeness (QED) is 0.515. The van der Waals surface area contributed by atoms with Crippen molar-refractivity contribution in [3.05, 3.63) is 34.1 Å². The van der Waals surface area contributed by atoms with Gasteiger partial charge in [-0.25, -0.2) is 0 Å². The minimum Gasteiger partial charge on any atom is -0.492 e. The lowest BCUT2D eigenvalue weighted by molar-refractivity contribution is -0.119. The molecule has 0 aromatic carbocycles. The summed E-state index contributed by atoms with van der Waals surface area (Å²) in [6, 6.07) is 0. The standard InChI is InChI=1S/C21H32O3/c1-13(12-20(4,5)6)10-11-21(7,8)16-14(2)17(22)15(3)19(24-9)18(16)23/h10H,11-12H2,1-9H3/b13-10+. The fourth-order valence-corrected chi connectivity index (χ4v) is 3.45. The summed E-state index contributed by atoms with van der Waals surface area (Å²) in [5, 5.41) is 0. The number of methoxy groups -OCH3 is 1. The van der Waals surface area contributed by atoms with Crippen molar-refractivity contribution in [2.45, 2.75) is 68.2 Å². The maximum absolute atomic E-state index is 12.8. The zero-order chi connectivity index (χ0) is 18.9. The van der Waals surface area contributed by atoms with E-state index in [1.165, 1.54) is 12.7 Å². The Morgan fingerprint density at radius 3 is 2.00 bits per heavy atom. The minimum absolute atomic E-state index is 0.0927. The molecule has 3 nitrogen and oxygen atoms in total. The summed E-state index contributed by atoms with van der Waals surface area (Å²) in [7, 11) is 1.45. The van der Waals surface area contributed by atoms with Crippen LogP contribution < -0.4 is 0 Å². The summed E-state index contributed by atoms with van der Waals surface area (Å²) < 4.78 is 5.21. The van der Waals surface area contributed by atoms with Gasteiger partial charge >= 0.3 is 0 Å². The molecule has 0 radical (unpaired) electrons. The SMILES string of the molecule is COC1=C(C)C(=O)C(C)=C(C(C)(C)C/C=C(\C)CC(C)(C)C)C1=O. The summed E-state index contributed by atoms with van der Waals surface area (Å²) >= 11 is 0. The first-order chi connectivity index (χ1) is 10.8. The third kappa shape index (κ3) is 4.46. The van der Waals surface area contributed by atoms with Crippen LogP contribution in [0.15, 0.2) is 34.1 Å². The summed E-state index contributed by atoms with van der Waals surface area (Å²) in [5.41, 5.74) is 2.65.